The van der Waals surface area contributed by atoms with Crippen molar-refractivity contribution in [2.45, 2.75) is 15.9 Å². The summed E-state index contributed by atoms with van der Waals surface area (Å²) < 4.78 is 49.1. The molecule has 1 aromatic carbocycles. The fourth-order valence-corrected chi connectivity index (χ4v) is 5.38. The van der Waals surface area contributed by atoms with Crippen LogP contribution in [0, 0.1) is 0 Å². The Labute approximate surface area is 198 Å². The lowest BCUT2D eigenvalue weighted by Crippen LogP contribution is -2.57. The third-order valence-corrected chi connectivity index (χ3v) is 7.58. The lowest BCUT2D eigenvalue weighted by molar-refractivity contribution is -0.115. The molecule has 1 aromatic heterocycles. The first-order valence-electron chi connectivity index (χ1n) is 10.2. The van der Waals surface area contributed by atoms with Gasteiger partial charge >= 0.3 is 0 Å². The van der Waals surface area contributed by atoms with Gasteiger partial charge in [0.15, 0.2) is 11.5 Å². The first-order valence-corrected chi connectivity index (χ1v) is 11.7. The number of benzene rings is 1. The molecule has 2 atom stereocenters. The number of ether oxygens (including phenoxy) is 4. The highest BCUT2D eigenvalue weighted by atomic mass is 32.2. The number of nitrogens with zero attached hydrogens (tertiary/aromatic N) is 1. The first-order chi connectivity index (χ1) is 16.3. The average Bonchev–Trinajstić information content (AvgIpc) is 2.87. The Morgan fingerprint density at radius 3 is 2.47 bits per heavy atom. The summed E-state index contributed by atoms with van der Waals surface area (Å²) in [5, 5.41) is 5.67. The summed E-state index contributed by atoms with van der Waals surface area (Å²) in [6.45, 7) is -0.201. The molecule has 0 saturated carbocycles. The quantitative estimate of drug-likeness (QED) is 0.515. The highest BCUT2D eigenvalue weighted by molar-refractivity contribution is 7.93. The topological polar surface area (TPSA) is 125 Å². The predicted molar refractivity (Wildman–Crippen MR) is 125 cm³/mol. The average molecular weight is 490 g/mol. The molecule has 0 bridgehead atoms. The highest BCUT2D eigenvalue weighted by Gasteiger charge is 2.51. The molecule has 34 heavy (non-hydrogen) atoms. The van der Waals surface area contributed by atoms with E-state index < -0.39 is 20.8 Å². The molecule has 2 aromatic rings. The van der Waals surface area contributed by atoms with Gasteiger partial charge in [0.2, 0.25) is 20.7 Å². The number of methoxy groups -OCH3 is 4. The Bertz CT molecular complexity index is 1180. The summed E-state index contributed by atoms with van der Waals surface area (Å²) in [6, 6.07) is 6.70. The molecular weight excluding hydrogens is 462 g/mol. The van der Waals surface area contributed by atoms with Gasteiger partial charge in [-0.25, -0.2) is 8.42 Å². The van der Waals surface area contributed by atoms with Gasteiger partial charge in [-0.15, -0.1) is 0 Å². The number of rotatable bonds is 10. The summed E-state index contributed by atoms with van der Waals surface area (Å²) in [4.78, 5) is 14.5. The molecule has 3 rings (SSSR count). The molecule has 1 heterocycles. The van der Waals surface area contributed by atoms with Crippen molar-refractivity contribution >= 4 is 21.4 Å². The summed E-state index contributed by atoms with van der Waals surface area (Å²) in [6.07, 6.45) is 7.56. The van der Waals surface area contributed by atoms with Crippen molar-refractivity contribution in [3.8, 4) is 11.5 Å². The van der Waals surface area contributed by atoms with Gasteiger partial charge in [0, 0.05) is 19.4 Å². The van der Waals surface area contributed by atoms with Gasteiger partial charge in [-0.1, -0.05) is 0 Å². The van der Waals surface area contributed by atoms with E-state index in [0.717, 1.165) is 0 Å². The number of nitrogens with one attached hydrogen (secondary N) is 2. The molecule has 11 heteroatoms. The maximum absolute atomic E-state index is 13.9. The minimum Gasteiger partial charge on any atom is -0.497 e. The number of hydrogen-bond acceptors (Lipinski definition) is 9. The number of amides is 1. The van der Waals surface area contributed by atoms with Crippen LogP contribution >= 0.6 is 0 Å². The molecule has 0 aliphatic heterocycles. The first kappa shape index (κ1) is 25.2. The standard InChI is InChI=1S/C23H27N3O7S/c1-30-17-9-10-23(33-4,34(28,29)18-7-8-19(31-2)20(13-18)32-3)21(12-17)25-15-22(27)26-16-6-5-11-24-14-16/h5-14,21,25H,15H2,1-4H3,(H,26,27). The molecule has 182 valence electrons. The summed E-state index contributed by atoms with van der Waals surface area (Å²) in [5.74, 6) is 0.669. The molecule has 2 unspecified atom stereocenters. The second kappa shape index (κ2) is 10.7. The van der Waals surface area contributed by atoms with Gasteiger partial charge in [0.1, 0.15) is 5.76 Å². The fraction of sp³-hybridized carbons (Fsp3) is 0.304. The molecule has 0 spiro atoms. The van der Waals surface area contributed by atoms with Gasteiger partial charge in [0.05, 0.1) is 50.7 Å². The Morgan fingerprint density at radius 2 is 1.85 bits per heavy atom. The van der Waals surface area contributed by atoms with Crippen molar-refractivity contribution in [3.63, 3.8) is 0 Å². The van der Waals surface area contributed by atoms with Crippen LogP contribution in [0.3, 0.4) is 0 Å². The summed E-state index contributed by atoms with van der Waals surface area (Å²) >= 11 is 0. The van der Waals surface area contributed by atoms with E-state index in [4.69, 9.17) is 18.9 Å². The third-order valence-electron chi connectivity index (χ3n) is 5.31. The number of carbonyl (C=O) groups excluding carboxylic acids is 1. The van der Waals surface area contributed by atoms with Crippen molar-refractivity contribution in [2.24, 2.45) is 0 Å². The minimum atomic E-state index is -4.17. The van der Waals surface area contributed by atoms with Crippen LogP contribution in [0.2, 0.25) is 0 Å². The molecule has 1 aliphatic rings. The van der Waals surface area contributed by atoms with E-state index in [1.54, 1.807) is 24.4 Å². The molecule has 10 nitrogen and oxygen atoms in total. The monoisotopic (exact) mass is 489 g/mol. The molecule has 0 radical (unpaired) electrons. The lowest BCUT2D eigenvalue weighted by Gasteiger charge is -2.37. The zero-order chi connectivity index (χ0) is 24.8. The predicted octanol–water partition coefficient (Wildman–Crippen LogP) is 1.91. The Kier molecular flexibility index (Phi) is 7.92. The van der Waals surface area contributed by atoms with Gasteiger partial charge in [0.25, 0.3) is 0 Å². The summed E-state index contributed by atoms with van der Waals surface area (Å²) in [5.41, 5.74) is 0.516. The number of pyridine rings is 1. The van der Waals surface area contributed by atoms with Gasteiger partial charge in [-0.05, 0) is 42.5 Å². The third kappa shape index (κ3) is 4.91. The number of carbonyl (C=O) groups is 1. The van der Waals surface area contributed by atoms with Crippen LogP contribution in [0.25, 0.3) is 0 Å². The van der Waals surface area contributed by atoms with Gasteiger partial charge < -0.3 is 24.3 Å². The van der Waals surface area contributed by atoms with Crippen LogP contribution in [-0.4, -0.2) is 65.3 Å². The van der Waals surface area contributed by atoms with Crippen LogP contribution in [-0.2, 0) is 24.1 Å². The van der Waals surface area contributed by atoms with Gasteiger partial charge in [-0.3, -0.25) is 15.1 Å². The maximum Gasteiger partial charge on any atom is 0.238 e. The normalized spacial score (nSPS) is 19.8. The van der Waals surface area contributed by atoms with Crippen molar-refractivity contribution in [2.75, 3.05) is 40.3 Å². The minimum absolute atomic E-state index is 0.0440. The maximum atomic E-state index is 13.9. The van der Waals surface area contributed by atoms with E-state index in [0.29, 0.717) is 17.2 Å². The highest BCUT2D eigenvalue weighted by Crippen LogP contribution is 2.38. The van der Waals surface area contributed by atoms with E-state index in [2.05, 4.69) is 15.6 Å². The van der Waals surface area contributed by atoms with E-state index in [1.807, 2.05) is 0 Å². The Balaban J connectivity index is 1.94. The fourth-order valence-electron chi connectivity index (χ4n) is 3.55. The number of sulfone groups is 1. The van der Waals surface area contributed by atoms with Crippen molar-refractivity contribution in [1.29, 1.82) is 0 Å². The number of aromatic nitrogens is 1. The van der Waals surface area contributed by atoms with Crippen molar-refractivity contribution in [3.05, 3.63) is 66.7 Å². The molecule has 0 saturated heterocycles. The second-order valence-electron chi connectivity index (χ2n) is 7.20. The lowest BCUT2D eigenvalue weighted by atomic mass is 10.0. The van der Waals surface area contributed by atoms with Crippen LogP contribution in [0.4, 0.5) is 5.69 Å². The summed E-state index contributed by atoms with van der Waals surface area (Å²) in [7, 11) is 1.46. The van der Waals surface area contributed by atoms with Crippen LogP contribution in [0.1, 0.15) is 0 Å². The smallest absolute Gasteiger partial charge is 0.238 e. The van der Waals surface area contributed by atoms with Crippen molar-refractivity contribution in [1.82, 2.24) is 10.3 Å². The molecule has 1 aliphatic carbocycles. The largest absolute Gasteiger partial charge is 0.497 e. The van der Waals surface area contributed by atoms with E-state index >= 15 is 0 Å². The molecular formula is C23H27N3O7S. The van der Waals surface area contributed by atoms with Gasteiger partial charge in [-0.2, -0.15) is 0 Å². The number of anilines is 1. The zero-order valence-corrected chi connectivity index (χ0v) is 20.1. The van der Waals surface area contributed by atoms with Crippen molar-refractivity contribution < 1.29 is 32.2 Å². The molecule has 1 amide bonds. The van der Waals surface area contributed by atoms with Crippen LogP contribution in [0.15, 0.2) is 71.6 Å². The SMILES string of the molecule is COC1=CC(NCC(=O)Nc2cccnc2)C(OC)(S(=O)(=O)c2ccc(OC)c(OC)c2)C=C1. The Hall–Kier alpha value is -3.41. The molecule has 2 N–H and O–H groups in total. The van der Waals surface area contributed by atoms with Crippen LogP contribution < -0.4 is 20.1 Å². The van der Waals surface area contributed by atoms with Crippen LogP contribution in [0.5, 0.6) is 11.5 Å². The van der Waals surface area contributed by atoms with E-state index in [1.165, 1.54) is 65.0 Å². The number of hydrogen-bond donors (Lipinski definition) is 2. The van der Waals surface area contributed by atoms with E-state index in [9.17, 15) is 13.2 Å². The Morgan fingerprint density at radius 1 is 1.09 bits per heavy atom. The second-order valence-corrected chi connectivity index (χ2v) is 9.32. The van der Waals surface area contributed by atoms with E-state index in [-0.39, 0.29) is 23.1 Å². The zero-order valence-electron chi connectivity index (χ0n) is 19.3. The number of allylic oxidation sites excluding steroid dienone is 1. The molecule has 0 fully saturated rings.